The van der Waals surface area contributed by atoms with E-state index in [0.29, 0.717) is 6.61 Å². The van der Waals surface area contributed by atoms with E-state index in [4.69, 9.17) is 9.47 Å². The van der Waals surface area contributed by atoms with Crippen molar-refractivity contribution in [3.8, 4) is 11.8 Å². The SMILES string of the molecule is COc1ccc(C2(C#N)CCCOC2)cc1. The molecule has 84 valence electrons. The first-order valence-corrected chi connectivity index (χ1v) is 5.44. The van der Waals surface area contributed by atoms with Gasteiger partial charge in [-0.25, -0.2) is 0 Å². The molecule has 16 heavy (non-hydrogen) atoms. The predicted molar refractivity (Wildman–Crippen MR) is 60.3 cm³/mol. The summed E-state index contributed by atoms with van der Waals surface area (Å²) in [4.78, 5) is 0. The van der Waals surface area contributed by atoms with Crippen molar-refractivity contribution < 1.29 is 9.47 Å². The molecule has 3 nitrogen and oxygen atoms in total. The topological polar surface area (TPSA) is 42.2 Å². The molecule has 1 saturated heterocycles. The molecule has 1 atom stereocenters. The maximum Gasteiger partial charge on any atom is 0.118 e. The van der Waals surface area contributed by atoms with Gasteiger partial charge in [0.15, 0.2) is 0 Å². The third-order valence-corrected chi connectivity index (χ3v) is 3.10. The molecule has 0 spiro atoms. The Morgan fingerprint density at radius 1 is 1.38 bits per heavy atom. The van der Waals surface area contributed by atoms with Gasteiger partial charge in [-0.3, -0.25) is 0 Å². The molecule has 1 unspecified atom stereocenters. The third kappa shape index (κ3) is 1.89. The maximum absolute atomic E-state index is 9.36. The molecule has 1 aliphatic rings. The summed E-state index contributed by atoms with van der Waals surface area (Å²) in [7, 11) is 1.64. The molecule has 0 radical (unpaired) electrons. The Hall–Kier alpha value is -1.53. The highest BCUT2D eigenvalue weighted by Crippen LogP contribution is 2.33. The monoisotopic (exact) mass is 217 g/mol. The van der Waals surface area contributed by atoms with Gasteiger partial charge in [-0.15, -0.1) is 0 Å². The quantitative estimate of drug-likeness (QED) is 0.763. The molecule has 3 heteroatoms. The maximum atomic E-state index is 9.36. The van der Waals surface area contributed by atoms with Gasteiger partial charge in [0.05, 0.1) is 19.8 Å². The fourth-order valence-electron chi connectivity index (χ4n) is 2.09. The second-order valence-electron chi connectivity index (χ2n) is 4.08. The van der Waals surface area contributed by atoms with Gasteiger partial charge in [-0.1, -0.05) is 12.1 Å². The van der Waals surface area contributed by atoms with Crippen LogP contribution in [-0.2, 0) is 10.2 Å². The van der Waals surface area contributed by atoms with Gasteiger partial charge in [0, 0.05) is 6.61 Å². The molecule has 0 amide bonds. The van der Waals surface area contributed by atoms with Crippen molar-refractivity contribution in [3.05, 3.63) is 29.8 Å². The van der Waals surface area contributed by atoms with Gasteiger partial charge in [-0.05, 0) is 30.5 Å². The van der Waals surface area contributed by atoms with E-state index in [1.54, 1.807) is 7.11 Å². The van der Waals surface area contributed by atoms with Gasteiger partial charge in [0.1, 0.15) is 11.2 Å². The molecule has 0 N–H and O–H groups in total. The number of rotatable bonds is 2. The molecule has 0 aliphatic carbocycles. The predicted octanol–water partition coefficient (Wildman–Crippen LogP) is 2.27. The second-order valence-corrected chi connectivity index (χ2v) is 4.08. The van der Waals surface area contributed by atoms with Crippen LogP contribution in [0.2, 0.25) is 0 Å². The lowest BCUT2D eigenvalue weighted by atomic mass is 9.77. The Bertz CT molecular complexity index is 385. The van der Waals surface area contributed by atoms with E-state index < -0.39 is 5.41 Å². The molecule has 1 aromatic rings. The van der Waals surface area contributed by atoms with Crippen molar-refractivity contribution in [1.29, 1.82) is 5.26 Å². The average molecular weight is 217 g/mol. The van der Waals surface area contributed by atoms with Crippen molar-refractivity contribution in [2.24, 2.45) is 0 Å². The third-order valence-electron chi connectivity index (χ3n) is 3.10. The largest absolute Gasteiger partial charge is 0.497 e. The summed E-state index contributed by atoms with van der Waals surface area (Å²) in [5.74, 6) is 0.813. The summed E-state index contributed by atoms with van der Waals surface area (Å²) in [6.45, 7) is 1.26. The van der Waals surface area contributed by atoms with Crippen LogP contribution < -0.4 is 4.74 Å². The normalized spacial score (nSPS) is 24.8. The minimum Gasteiger partial charge on any atom is -0.497 e. The smallest absolute Gasteiger partial charge is 0.118 e. The minimum atomic E-state index is -0.468. The summed E-state index contributed by atoms with van der Waals surface area (Å²) in [6.07, 6.45) is 1.81. The van der Waals surface area contributed by atoms with Gasteiger partial charge in [0.25, 0.3) is 0 Å². The first-order chi connectivity index (χ1) is 7.80. The van der Waals surface area contributed by atoms with E-state index in [1.165, 1.54) is 0 Å². The summed E-state index contributed by atoms with van der Waals surface area (Å²) < 4.78 is 10.5. The van der Waals surface area contributed by atoms with Crippen LogP contribution >= 0.6 is 0 Å². The second kappa shape index (κ2) is 4.54. The highest BCUT2D eigenvalue weighted by atomic mass is 16.5. The van der Waals surface area contributed by atoms with Crippen LogP contribution in [0.4, 0.5) is 0 Å². The van der Waals surface area contributed by atoms with Crippen molar-refractivity contribution in [2.45, 2.75) is 18.3 Å². The van der Waals surface area contributed by atoms with Gasteiger partial charge >= 0.3 is 0 Å². The van der Waals surface area contributed by atoms with Crippen LogP contribution in [0.1, 0.15) is 18.4 Å². The fraction of sp³-hybridized carbons (Fsp3) is 0.462. The summed E-state index contributed by atoms with van der Waals surface area (Å²) >= 11 is 0. The summed E-state index contributed by atoms with van der Waals surface area (Å²) in [6, 6.07) is 10.1. The fourth-order valence-corrected chi connectivity index (χ4v) is 2.09. The Kier molecular flexibility index (Phi) is 3.12. The summed E-state index contributed by atoms with van der Waals surface area (Å²) in [5.41, 5.74) is 0.556. The standard InChI is InChI=1S/C13H15NO2/c1-15-12-5-3-11(4-6-12)13(9-14)7-2-8-16-10-13/h3-6H,2,7-8,10H2,1H3. The Balaban J connectivity index is 2.29. The number of hydrogen-bond acceptors (Lipinski definition) is 3. The number of hydrogen-bond donors (Lipinski definition) is 0. The van der Waals surface area contributed by atoms with Crippen LogP contribution in [0.15, 0.2) is 24.3 Å². The zero-order valence-electron chi connectivity index (χ0n) is 9.40. The van der Waals surface area contributed by atoms with E-state index in [9.17, 15) is 5.26 Å². The van der Waals surface area contributed by atoms with Crippen LogP contribution in [0.25, 0.3) is 0 Å². The van der Waals surface area contributed by atoms with Gasteiger partial charge in [-0.2, -0.15) is 5.26 Å². The lowest BCUT2D eigenvalue weighted by Gasteiger charge is -2.31. The van der Waals surface area contributed by atoms with E-state index in [-0.39, 0.29) is 0 Å². The summed E-state index contributed by atoms with van der Waals surface area (Å²) in [5, 5.41) is 9.36. The van der Waals surface area contributed by atoms with Gasteiger partial charge in [0.2, 0.25) is 0 Å². The van der Waals surface area contributed by atoms with Gasteiger partial charge < -0.3 is 9.47 Å². The number of ether oxygens (including phenoxy) is 2. The zero-order chi connectivity index (χ0) is 11.4. The number of methoxy groups -OCH3 is 1. The number of benzene rings is 1. The van der Waals surface area contributed by atoms with E-state index in [2.05, 4.69) is 6.07 Å². The molecule has 1 aromatic carbocycles. The average Bonchev–Trinajstić information content (AvgIpc) is 2.39. The van der Waals surface area contributed by atoms with Crippen molar-refractivity contribution >= 4 is 0 Å². The molecule has 0 aromatic heterocycles. The molecular formula is C13H15NO2. The minimum absolute atomic E-state index is 0.468. The lowest BCUT2D eigenvalue weighted by molar-refractivity contribution is 0.0563. The first kappa shape index (κ1) is 11.0. The molecule has 1 fully saturated rings. The van der Waals surface area contributed by atoms with Crippen LogP contribution in [0.5, 0.6) is 5.75 Å². The first-order valence-electron chi connectivity index (χ1n) is 5.44. The van der Waals surface area contributed by atoms with E-state index in [0.717, 1.165) is 30.8 Å². The molecule has 0 saturated carbocycles. The van der Waals surface area contributed by atoms with Crippen LogP contribution in [-0.4, -0.2) is 20.3 Å². The number of nitrogens with zero attached hydrogens (tertiary/aromatic N) is 1. The molecular weight excluding hydrogens is 202 g/mol. The highest BCUT2D eigenvalue weighted by molar-refractivity contribution is 5.37. The molecule has 1 aliphatic heterocycles. The van der Waals surface area contributed by atoms with Crippen molar-refractivity contribution in [1.82, 2.24) is 0 Å². The van der Waals surface area contributed by atoms with Crippen molar-refractivity contribution in [2.75, 3.05) is 20.3 Å². The van der Waals surface area contributed by atoms with Crippen LogP contribution in [0.3, 0.4) is 0 Å². The molecule has 0 bridgehead atoms. The lowest BCUT2D eigenvalue weighted by Crippen LogP contribution is -2.34. The molecule has 2 rings (SSSR count). The molecule has 1 heterocycles. The number of nitriles is 1. The van der Waals surface area contributed by atoms with Crippen molar-refractivity contribution in [3.63, 3.8) is 0 Å². The Morgan fingerprint density at radius 3 is 2.62 bits per heavy atom. The van der Waals surface area contributed by atoms with Crippen LogP contribution in [0, 0.1) is 11.3 Å². The zero-order valence-corrected chi connectivity index (χ0v) is 9.40. The Morgan fingerprint density at radius 2 is 2.12 bits per heavy atom. The highest BCUT2D eigenvalue weighted by Gasteiger charge is 2.34. The Labute approximate surface area is 95.6 Å². The van der Waals surface area contributed by atoms with E-state index >= 15 is 0 Å². The van der Waals surface area contributed by atoms with E-state index in [1.807, 2.05) is 24.3 Å².